The molecule has 25 heavy (non-hydrogen) atoms. The third-order valence-corrected chi connectivity index (χ3v) is 4.41. The van der Waals surface area contributed by atoms with E-state index in [0.29, 0.717) is 12.1 Å². The summed E-state index contributed by atoms with van der Waals surface area (Å²) in [5, 5.41) is 11.4. The van der Waals surface area contributed by atoms with Gasteiger partial charge in [0, 0.05) is 18.2 Å². The van der Waals surface area contributed by atoms with Crippen LogP contribution in [0.1, 0.15) is 34.3 Å². The fourth-order valence-electron chi connectivity index (χ4n) is 2.91. The molecule has 3 rings (SSSR count). The minimum atomic E-state index is -0.471. The first-order valence-corrected chi connectivity index (χ1v) is 8.19. The van der Waals surface area contributed by atoms with E-state index in [0.717, 1.165) is 24.2 Å². The van der Waals surface area contributed by atoms with Crippen molar-refractivity contribution < 1.29 is 14.5 Å². The van der Waals surface area contributed by atoms with Crippen LogP contribution in [-0.4, -0.2) is 28.9 Å². The van der Waals surface area contributed by atoms with Crippen LogP contribution in [0.15, 0.2) is 42.5 Å². The van der Waals surface area contributed by atoms with Crippen molar-refractivity contribution in [2.45, 2.75) is 32.4 Å². The standard InChI is InChI=1S/C19H20N2O4/c1-13-4-3-5-17(18(13)21(23)24)19(22)20(15-8-9-15)12-14-6-10-16(25-2)11-7-14/h3-7,10-11,15H,8-9,12H2,1-2H3. The van der Waals surface area contributed by atoms with Gasteiger partial charge in [0.05, 0.1) is 12.0 Å². The van der Waals surface area contributed by atoms with Gasteiger partial charge >= 0.3 is 0 Å². The monoisotopic (exact) mass is 340 g/mol. The Labute approximate surface area is 146 Å². The van der Waals surface area contributed by atoms with Gasteiger partial charge in [-0.15, -0.1) is 0 Å². The number of ether oxygens (including phenoxy) is 1. The van der Waals surface area contributed by atoms with E-state index in [-0.39, 0.29) is 23.2 Å². The number of carbonyl (C=O) groups is 1. The predicted octanol–water partition coefficient (Wildman–Crippen LogP) is 3.72. The summed E-state index contributed by atoms with van der Waals surface area (Å²) in [6.07, 6.45) is 1.86. The lowest BCUT2D eigenvalue weighted by Gasteiger charge is -2.23. The van der Waals surface area contributed by atoms with Crippen molar-refractivity contribution in [1.29, 1.82) is 0 Å². The number of nitro benzene ring substituents is 1. The minimum Gasteiger partial charge on any atom is -0.497 e. The lowest BCUT2D eigenvalue weighted by atomic mass is 10.1. The highest BCUT2D eigenvalue weighted by atomic mass is 16.6. The van der Waals surface area contributed by atoms with Gasteiger partial charge in [0.15, 0.2) is 0 Å². The number of hydrogen-bond donors (Lipinski definition) is 0. The maximum absolute atomic E-state index is 13.0. The number of hydrogen-bond acceptors (Lipinski definition) is 4. The van der Waals surface area contributed by atoms with Crippen molar-refractivity contribution in [1.82, 2.24) is 4.90 Å². The minimum absolute atomic E-state index is 0.104. The number of nitro groups is 1. The van der Waals surface area contributed by atoms with Crippen molar-refractivity contribution in [3.8, 4) is 5.75 Å². The molecule has 0 aromatic heterocycles. The van der Waals surface area contributed by atoms with Gasteiger partial charge in [-0.05, 0) is 43.5 Å². The van der Waals surface area contributed by atoms with Crippen molar-refractivity contribution in [2.24, 2.45) is 0 Å². The summed E-state index contributed by atoms with van der Waals surface area (Å²) < 4.78 is 5.15. The molecule has 0 saturated heterocycles. The van der Waals surface area contributed by atoms with E-state index in [4.69, 9.17) is 4.74 Å². The summed E-state index contributed by atoms with van der Waals surface area (Å²) in [6, 6.07) is 12.5. The van der Waals surface area contributed by atoms with E-state index in [2.05, 4.69) is 0 Å². The van der Waals surface area contributed by atoms with Gasteiger partial charge in [-0.1, -0.05) is 24.3 Å². The second kappa shape index (κ2) is 6.93. The molecule has 0 N–H and O–H groups in total. The Hall–Kier alpha value is -2.89. The van der Waals surface area contributed by atoms with Crippen LogP contribution in [0.3, 0.4) is 0 Å². The molecule has 2 aromatic carbocycles. The highest BCUT2D eigenvalue weighted by Crippen LogP contribution is 2.32. The SMILES string of the molecule is COc1ccc(CN(C(=O)c2cccc(C)c2[N+](=O)[O-])C2CC2)cc1. The highest BCUT2D eigenvalue weighted by Gasteiger charge is 2.35. The molecule has 1 saturated carbocycles. The Morgan fingerprint density at radius 3 is 2.48 bits per heavy atom. The molecule has 0 bridgehead atoms. The Morgan fingerprint density at radius 1 is 1.24 bits per heavy atom. The van der Waals surface area contributed by atoms with Crippen LogP contribution in [0.5, 0.6) is 5.75 Å². The van der Waals surface area contributed by atoms with E-state index in [1.54, 1.807) is 31.1 Å². The van der Waals surface area contributed by atoms with E-state index < -0.39 is 4.92 Å². The van der Waals surface area contributed by atoms with Crippen LogP contribution >= 0.6 is 0 Å². The van der Waals surface area contributed by atoms with Crippen molar-refractivity contribution in [3.05, 3.63) is 69.3 Å². The second-order valence-corrected chi connectivity index (χ2v) is 6.24. The van der Waals surface area contributed by atoms with E-state index >= 15 is 0 Å². The Kier molecular flexibility index (Phi) is 4.70. The quantitative estimate of drug-likeness (QED) is 0.593. The zero-order valence-electron chi connectivity index (χ0n) is 14.3. The first kappa shape index (κ1) is 17.0. The molecule has 1 aliphatic rings. The molecule has 6 heteroatoms. The first-order chi connectivity index (χ1) is 12.0. The van der Waals surface area contributed by atoms with Crippen LogP contribution < -0.4 is 4.74 Å². The summed E-state index contributed by atoms with van der Waals surface area (Å²) >= 11 is 0. The maximum atomic E-state index is 13.0. The van der Waals surface area contributed by atoms with Gasteiger partial charge < -0.3 is 9.64 Å². The molecule has 1 amide bonds. The highest BCUT2D eigenvalue weighted by molar-refractivity contribution is 5.99. The van der Waals surface area contributed by atoms with Crippen LogP contribution in [0.25, 0.3) is 0 Å². The number of aryl methyl sites for hydroxylation is 1. The van der Waals surface area contributed by atoms with Gasteiger partial charge in [0.25, 0.3) is 11.6 Å². The summed E-state index contributed by atoms with van der Waals surface area (Å²) in [7, 11) is 1.60. The van der Waals surface area contributed by atoms with Gasteiger partial charge in [0.2, 0.25) is 0 Å². The molecule has 0 aliphatic heterocycles. The summed E-state index contributed by atoms with van der Waals surface area (Å²) in [4.78, 5) is 25.7. The molecule has 2 aromatic rings. The number of para-hydroxylation sites is 1. The molecule has 1 aliphatic carbocycles. The normalized spacial score (nSPS) is 13.4. The molecular weight excluding hydrogens is 320 g/mol. The number of carbonyl (C=O) groups excluding carboxylic acids is 1. The lowest BCUT2D eigenvalue weighted by Crippen LogP contribution is -2.33. The summed E-state index contributed by atoms with van der Waals surface area (Å²) in [6.45, 7) is 2.08. The second-order valence-electron chi connectivity index (χ2n) is 6.24. The lowest BCUT2D eigenvalue weighted by molar-refractivity contribution is -0.385. The van der Waals surface area contributed by atoms with E-state index in [1.807, 2.05) is 24.3 Å². The van der Waals surface area contributed by atoms with E-state index in [9.17, 15) is 14.9 Å². The maximum Gasteiger partial charge on any atom is 0.285 e. The largest absolute Gasteiger partial charge is 0.497 e. The van der Waals surface area contributed by atoms with Crippen LogP contribution in [0.2, 0.25) is 0 Å². The van der Waals surface area contributed by atoms with Crippen LogP contribution in [0, 0.1) is 17.0 Å². The Morgan fingerprint density at radius 2 is 1.92 bits per heavy atom. The van der Waals surface area contributed by atoms with Gasteiger partial charge in [-0.3, -0.25) is 14.9 Å². The average Bonchev–Trinajstić information content (AvgIpc) is 3.44. The molecule has 0 spiro atoms. The van der Waals surface area contributed by atoms with Gasteiger partial charge in [-0.25, -0.2) is 0 Å². The topological polar surface area (TPSA) is 72.7 Å². The van der Waals surface area contributed by atoms with Crippen molar-refractivity contribution in [3.63, 3.8) is 0 Å². The molecular formula is C19H20N2O4. The summed E-state index contributed by atoms with van der Waals surface area (Å²) in [5.41, 5.74) is 1.52. The smallest absolute Gasteiger partial charge is 0.285 e. The molecule has 6 nitrogen and oxygen atoms in total. The zero-order valence-corrected chi connectivity index (χ0v) is 14.3. The third kappa shape index (κ3) is 3.63. The van der Waals surface area contributed by atoms with Gasteiger partial charge in [0.1, 0.15) is 11.3 Å². The van der Waals surface area contributed by atoms with Crippen molar-refractivity contribution in [2.75, 3.05) is 7.11 Å². The molecule has 1 fully saturated rings. The average molecular weight is 340 g/mol. The molecule has 0 radical (unpaired) electrons. The number of methoxy groups -OCH3 is 1. The number of nitrogens with zero attached hydrogens (tertiary/aromatic N) is 2. The first-order valence-electron chi connectivity index (χ1n) is 8.19. The molecule has 0 atom stereocenters. The molecule has 130 valence electrons. The number of rotatable bonds is 6. The van der Waals surface area contributed by atoms with Crippen LogP contribution in [0.4, 0.5) is 5.69 Å². The fourth-order valence-corrected chi connectivity index (χ4v) is 2.91. The van der Waals surface area contributed by atoms with E-state index in [1.165, 1.54) is 6.07 Å². The molecule has 0 unspecified atom stereocenters. The van der Waals surface area contributed by atoms with Gasteiger partial charge in [-0.2, -0.15) is 0 Å². The number of benzene rings is 2. The predicted molar refractivity (Wildman–Crippen MR) is 93.7 cm³/mol. The fraction of sp³-hybridized carbons (Fsp3) is 0.316. The zero-order chi connectivity index (χ0) is 18.0. The third-order valence-electron chi connectivity index (χ3n) is 4.41. The van der Waals surface area contributed by atoms with Crippen LogP contribution in [-0.2, 0) is 6.54 Å². The summed E-state index contributed by atoms with van der Waals surface area (Å²) in [5.74, 6) is 0.469. The van der Waals surface area contributed by atoms with Crippen molar-refractivity contribution >= 4 is 11.6 Å². The Balaban J connectivity index is 1.89. The number of amides is 1. The Bertz CT molecular complexity index is 798. The molecule has 0 heterocycles.